The van der Waals surface area contributed by atoms with E-state index < -0.39 is 108 Å². The molecule has 98 heavy (non-hydrogen) atoms. The second-order valence-corrected chi connectivity index (χ2v) is 31.4. The van der Waals surface area contributed by atoms with Gasteiger partial charge in [-0.3, -0.25) is 4.79 Å². The fourth-order valence-electron chi connectivity index (χ4n) is 17.8. The summed E-state index contributed by atoms with van der Waals surface area (Å²) >= 11 is 0. The Kier molecular flexibility index (Phi) is 31.4. The molecule has 4 N–H and O–H groups in total. The molecule has 4 saturated carbocycles. The summed E-state index contributed by atoms with van der Waals surface area (Å²) in [6.45, 7) is 29.1. The monoisotopic (exact) mass is 1390 g/mol. The quantitative estimate of drug-likeness (QED) is 0.0205. The molecule has 20 heteroatoms. The zero-order chi connectivity index (χ0) is 70.7. The van der Waals surface area contributed by atoms with Crippen LogP contribution in [0.1, 0.15) is 230 Å². The zero-order valence-corrected chi connectivity index (χ0v) is 62.0. The van der Waals surface area contributed by atoms with E-state index in [0.717, 1.165) is 108 Å². The number of carbonyl (C=O) groups is 2. The van der Waals surface area contributed by atoms with Crippen LogP contribution in [0.4, 0.5) is 0 Å². The molecule has 0 amide bonds. The summed E-state index contributed by atoms with van der Waals surface area (Å²) < 4.78 is 91.7. The van der Waals surface area contributed by atoms with Gasteiger partial charge >= 0.3 is 5.97 Å². The Morgan fingerprint density at radius 1 is 0.643 bits per heavy atom. The Labute approximate surface area is 587 Å². The normalized spacial score (nSPS) is 35.9. The third-order valence-corrected chi connectivity index (χ3v) is 24.0. The molecule has 2 heterocycles. The van der Waals surface area contributed by atoms with E-state index in [1.807, 2.05) is 37.3 Å². The predicted octanol–water partition coefficient (Wildman–Crippen LogP) is 13.0. The fraction of sp³-hybridized carbons (Fsp3) is 0.872. The molecule has 0 bridgehead atoms. The van der Waals surface area contributed by atoms with E-state index in [1.165, 1.54) is 5.57 Å². The van der Waals surface area contributed by atoms with Gasteiger partial charge in [-0.15, -0.1) is 0 Å². The van der Waals surface area contributed by atoms with Crippen LogP contribution >= 0.6 is 0 Å². The van der Waals surface area contributed by atoms with E-state index >= 15 is 0 Å². The van der Waals surface area contributed by atoms with E-state index in [0.29, 0.717) is 84.8 Å². The molecule has 0 aromatic heterocycles. The molecule has 20 atom stereocenters. The van der Waals surface area contributed by atoms with Crippen molar-refractivity contribution in [2.45, 2.75) is 304 Å². The van der Waals surface area contributed by atoms with Crippen molar-refractivity contribution in [1.82, 2.24) is 0 Å². The standard InChI is InChI=1S/C78H130O20/c1-13-19-38-85-46-54(88-41-22-16-4)47-91-63(50-87-40-21-15-3)92-48-57(80)66(71-97-69(98-71)53-28-26-25-27-29-53)96-64(51-93-70-65(82)68(90-43-24-18-6)67(89-42-23-17-5)58(94-70)49-86-39-20-14-2)95-62-33-34-74(9)59(75(62,10)52-79)32-35-76(11)60(74)31-30-55-56-44-73(7,8)36-37-78(56,72(83)84)61(81)45-77(55,76)12/h25-30,52,54,56-71,80-82H,13-24,31-51H2,1-12H3,(H,83,84)/t54-,56?,57-,58?,59?,60?,61?,62-,63-,64+,65?,66?,67-,68?,69?,70+,71?,74?,75?,76?,77?,78+/m0/s1. The summed E-state index contributed by atoms with van der Waals surface area (Å²) in [4.78, 5) is 28.1. The van der Waals surface area contributed by atoms with E-state index in [4.69, 9.17) is 66.3 Å². The molecule has 2 aliphatic heterocycles. The summed E-state index contributed by atoms with van der Waals surface area (Å²) in [5, 5.41) is 48.7. The van der Waals surface area contributed by atoms with Crippen LogP contribution in [-0.2, 0) is 75.9 Å². The van der Waals surface area contributed by atoms with Crippen molar-refractivity contribution in [3.63, 3.8) is 0 Å². The minimum atomic E-state index is -1.45. The molecule has 6 fully saturated rings. The fourth-order valence-corrected chi connectivity index (χ4v) is 17.8. The van der Waals surface area contributed by atoms with Gasteiger partial charge in [-0.25, -0.2) is 0 Å². The van der Waals surface area contributed by atoms with Crippen molar-refractivity contribution in [2.24, 2.45) is 50.2 Å². The highest BCUT2D eigenvalue weighted by molar-refractivity contribution is 5.77. The van der Waals surface area contributed by atoms with E-state index in [1.54, 1.807) is 0 Å². The number of ether oxygens (including phenoxy) is 14. The Bertz CT molecular complexity index is 2540. The number of rotatable bonds is 45. The molecule has 0 radical (unpaired) electrons. The highest BCUT2D eigenvalue weighted by Crippen LogP contribution is 2.76. The number of benzene rings is 1. The van der Waals surface area contributed by atoms with Crippen molar-refractivity contribution >= 4 is 12.3 Å². The number of aliphatic hydroxyl groups excluding tert-OH is 3. The minimum absolute atomic E-state index is 0.0691. The lowest BCUT2D eigenvalue weighted by Gasteiger charge is -2.71. The van der Waals surface area contributed by atoms with Crippen molar-refractivity contribution in [1.29, 1.82) is 0 Å². The number of carboxylic acid groups (broad SMARTS) is 1. The number of hydrogen-bond donors (Lipinski definition) is 4. The maximum Gasteiger partial charge on any atom is 0.312 e. The topological polar surface area (TPSA) is 244 Å². The number of aldehydes is 1. The molecular weight excluding hydrogens is 1260 g/mol. The van der Waals surface area contributed by atoms with Crippen LogP contribution in [0.15, 0.2) is 42.0 Å². The van der Waals surface area contributed by atoms with Crippen LogP contribution < -0.4 is 0 Å². The Balaban J connectivity index is 1.12. The highest BCUT2D eigenvalue weighted by Gasteiger charge is 2.72. The van der Waals surface area contributed by atoms with Gasteiger partial charge in [0.15, 0.2) is 31.5 Å². The van der Waals surface area contributed by atoms with Gasteiger partial charge in [0.1, 0.15) is 61.0 Å². The van der Waals surface area contributed by atoms with Crippen LogP contribution in [-0.4, -0.2) is 192 Å². The lowest BCUT2D eigenvalue weighted by Crippen LogP contribution is -2.68. The molecule has 2 saturated heterocycles. The summed E-state index contributed by atoms with van der Waals surface area (Å²) in [7, 11) is 0. The SMILES string of the molecule is CCCCOCC1O[C@@H](OC[C@@H](OC(C2OC(c3ccccc3)O2)[C@@H](O)CO[C@@H](COCCCC)OC[C@H](COCCCC)OCCCC)O[C@H]2CCC3(C)C(CCC4(C)C3CC=C3C5CC(C)(C)CC[C@]5(C(=O)O)C(O)CC34C)C2(C)C=O)C(O)C(OCCCC)[C@H]1OCCCC. The molecule has 5 aliphatic carbocycles. The molecule has 7 aliphatic rings. The molecule has 1 aromatic carbocycles. The second kappa shape index (κ2) is 37.9. The Morgan fingerprint density at radius 2 is 1.27 bits per heavy atom. The highest BCUT2D eigenvalue weighted by atomic mass is 16.9. The van der Waals surface area contributed by atoms with E-state index in [9.17, 15) is 30.0 Å². The van der Waals surface area contributed by atoms with Crippen LogP contribution in [0.3, 0.4) is 0 Å². The molecule has 0 spiro atoms. The summed E-state index contributed by atoms with van der Waals surface area (Å²) in [6, 6.07) is 9.49. The Hall–Kier alpha value is -2.58. The van der Waals surface area contributed by atoms with Gasteiger partial charge in [0.25, 0.3) is 0 Å². The second-order valence-electron chi connectivity index (χ2n) is 31.4. The van der Waals surface area contributed by atoms with Gasteiger partial charge in [0, 0.05) is 45.2 Å². The Morgan fingerprint density at radius 3 is 1.92 bits per heavy atom. The van der Waals surface area contributed by atoms with Crippen molar-refractivity contribution < 1.29 is 96.3 Å². The maximum atomic E-state index is 14.5. The number of aliphatic hydroxyl groups is 3. The van der Waals surface area contributed by atoms with Crippen LogP contribution in [0.5, 0.6) is 0 Å². The van der Waals surface area contributed by atoms with Crippen molar-refractivity contribution in [3.8, 4) is 0 Å². The van der Waals surface area contributed by atoms with Gasteiger partial charge in [-0.1, -0.05) is 164 Å². The first-order chi connectivity index (χ1) is 47.1. The summed E-state index contributed by atoms with van der Waals surface area (Å²) in [5.41, 5.74) is -1.69. The molecule has 562 valence electrons. The van der Waals surface area contributed by atoms with Gasteiger partial charge in [0.2, 0.25) is 0 Å². The number of unbranched alkanes of at least 4 members (excludes halogenated alkanes) is 6. The number of aliphatic carboxylic acids is 1. The molecule has 20 nitrogen and oxygen atoms in total. The number of allylic oxidation sites excluding steroid dienone is 2. The third-order valence-electron chi connectivity index (χ3n) is 24.0. The first-order valence-electron chi connectivity index (χ1n) is 38.3. The van der Waals surface area contributed by atoms with Crippen LogP contribution in [0.2, 0.25) is 0 Å². The number of fused-ring (bicyclic) bond motifs is 7. The summed E-state index contributed by atoms with van der Waals surface area (Å²) in [5.74, 6) is -1.29. The third kappa shape index (κ3) is 18.9. The maximum absolute atomic E-state index is 14.5. The predicted molar refractivity (Wildman–Crippen MR) is 371 cm³/mol. The lowest BCUT2D eigenvalue weighted by molar-refractivity contribution is -0.434. The number of hydrogen-bond acceptors (Lipinski definition) is 19. The van der Waals surface area contributed by atoms with Crippen molar-refractivity contribution in [3.05, 3.63) is 47.5 Å². The van der Waals surface area contributed by atoms with Crippen molar-refractivity contribution in [2.75, 3.05) is 79.3 Å². The van der Waals surface area contributed by atoms with E-state index in [2.05, 4.69) is 82.2 Å². The first-order valence-corrected chi connectivity index (χ1v) is 38.3. The first kappa shape index (κ1) is 81.1. The molecular formula is C78H130O20. The molecule has 8 rings (SSSR count). The zero-order valence-electron chi connectivity index (χ0n) is 62.0. The van der Waals surface area contributed by atoms with E-state index in [-0.39, 0.29) is 67.7 Å². The average Bonchev–Trinajstić information content (AvgIpc) is 0.673. The van der Waals surface area contributed by atoms with Gasteiger partial charge < -0.3 is 91.5 Å². The van der Waals surface area contributed by atoms with Gasteiger partial charge in [-0.2, -0.15) is 0 Å². The smallest absolute Gasteiger partial charge is 0.312 e. The van der Waals surface area contributed by atoms with Crippen LogP contribution in [0, 0.1) is 50.2 Å². The van der Waals surface area contributed by atoms with Crippen LogP contribution in [0.25, 0.3) is 0 Å². The summed E-state index contributed by atoms with van der Waals surface area (Å²) in [6.07, 6.45) is 5.62. The lowest BCUT2D eigenvalue weighted by atomic mass is 9.33. The molecule has 12 unspecified atom stereocenters. The average molecular weight is 1390 g/mol. The largest absolute Gasteiger partial charge is 0.481 e. The number of carbonyl (C=O) groups excluding carboxylic acids is 1. The molecule has 1 aromatic rings. The van der Waals surface area contributed by atoms with Gasteiger partial charge in [-0.05, 0) is 136 Å². The minimum Gasteiger partial charge on any atom is -0.481 e. The van der Waals surface area contributed by atoms with Gasteiger partial charge in [0.05, 0.1) is 50.7 Å². The number of carboxylic acids is 1.